The van der Waals surface area contributed by atoms with Crippen molar-refractivity contribution in [2.75, 3.05) is 7.05 Å². The van der Waals surface area contributed by atoms with Gasteiger partial charge in [0.25, 0.3) is 0 Å². The van der Waals surface area contributed by atoms with Gasteiger partial charge >= 0.3 is 0 Å². The zero-order chi connectivity index (χ0) is 17.1. The summed E-state index contributed by atoms with van der Waals surface area (Å²) in [5.74, 6) is 0. The van der Waals surface area contributed by atoms with Crippen molar-refractivity contribution in [1.82, 2.24) is 19.2 Å². The highest BCUT2D eigenvalue weighted by atomic mass is 32.1. The molecule has 0 aliphatic rings. The summed E-state index contributed by atoms with van der Waals surface area (Å²) in [6.07, 6.45) is 1.84. The Labute approximate surface area is 152 Å². The third-order valence-corrected chi connectivity index (χ3v) is 5.89. The van der Waals surface area contributed by atoms with Crippen LogP contribution in [-0.4, -0.2) is 26.3 Å². The van der Waals surface area contributed by atoms with E-state index in [2.05, 4.69) is 72.7 Å². The van der Waals surface area contributed by atoms with Crippen molar-refractivity contribution in [2.45, 2.75) is 32.6 Å². The fourth-order valence-corrected chi connectivity index (χ4v) is 3.84. The van der Waals surface area contributed by atoms with Crippen molar-refractivity contribution < 1.29 is 0 Å². The second-order valence-electron chi connectivity index (χ2n) is 6.00. The number of hydrogen-bond donors (Lipinski definition) is 0. The maximum Gasteiger partial charge on any atom is 0.199 e. The molecule has 0 fully saturated rings. The first-order chi connectivity index (χ1) is 11.6. The average Bonchev–Trinajstić information content (AvgIpc) is 3.25. The van der Waals surface area contributed by atoms with E-state index in [-0.39, 0.29) is 6.04 Å². The lowest BCUT2D eigenvalue weighted by molar-refractivity contribution is 0.196. The normalized spacial score (nSPS) is 14.0. The maximum atomic E-state index is 5.65. The average molecular weight is 359 g/mol. The molecule has 0 N–H and O–H groups in total. The quantitative estimate of drug-likeness (QED) is 0.596. The summed E-state index contributed by atoms with van der Waals surface area (Å²) in [4.78, 5) is 3.60. The van der Waals surface area contributed by atoms with Crippen molar-refractivity contribution in [1.29, 1.82) is 0 Å². The molecule has 2 aromatic heterocycles. The molecule has 0 amide bonds. The van der Waals surface area contributed by atoms with E-state index in [1.54, 1.807) is 11.3 Å². The minimum absolute atomic E-state index is 0.174. The Hall–Kier alpha value is -1.76. The van der Waals surface area contributed by atoms with Crippen LogP contribution in [0, 0.1) is 4.77 Å². The summed E-state index contributed by atoms with van der Waals surface area (Å²) < 4.78 is 4.68. The third kappa shape index (κ3) is 3.50. The fraction of sp³-hybridized carbons (Fsp3) is 0.333. The fourth-order valence-electron chi connectivity index (χ4n) is 2.68. The molecule has 0 saturated carbocycles. The SMILES string of the molecule is CC(c1cccs1)N(C)Cn1ncn(C(C)c2ccccc2)c1=S. The molecule has 1 aromatic carbocycles. The highest BCUT2D eigenvalue weighted by Crippen LogP contribution is 2.24. The molecule has 0 saturated heterocycles. The van der Waals surface area contributed by atoms with Gasteiger partial charge in [0, 0.05) is 10.9 Å². The van der Waals surface area contributed by atoms with Crippen LogP contribution in [0.15, 0.2) is 54.2 Å². The van der Waals surface area contributed by atoms with Gasteiger partial charge in [0.15, 0.2) is 4.77 Å². The minimum atomic E-state index is 0.174. The standard InChI is InChI=1S/C18H22N4S2/c1-14(16-8-5-4-6-9-16)21-12-19-22(18(21)23)13-20(3)15(2)17-10-7-11-24-17/h4-12,14-15H,13H2,1-3H3. The van der Waals surface area contributed by atoms with E-state index in [1.165, 1.54) is 10.4 Å². The van der Waals surface area contributed by atoms with Crippen LogP contribution in [0.1, 0.15) is 36.4 Å². The van der Waals surface area contributed by atoms with Gasteiger partial charge in [-0.1, -0.05) is 36.4 Å². The largest absolute Gasteiger partial charge is 0.299 e. The molecule has 0 aliphatic heterocycles. The summed E-state index contributed by atoms with van der Waals surface area (Å²) in [6.45, 7) is 5.03. The van der Waals surface area contributed by atoms with Crippen LogP contribution >= 0.6 is 23.6 Å². The Morgan fingerprint density at radius 3 is 2.58 bits per heavy atom. The Bertz CT molecular complexity index is 820. The third-order valence-electron chi connectivity index (χ3n) is 4.43. The van der Waals surface area contributed by atoms with Gasteiger partial charge in [0.05, 0.1) is 12.7 Å². The minimum Gasteiger partial charge on any atom is -0.299 e. The molecule has 4 nitrogen and oxygen atoms in total. The van der Waals surface area contributed by atoms with E-state index in [4.69, 9.17) is 12.2 Å². The maximum absolute atomic E-state index is 5.65. The Balaban J connectivity index is 1.77. The molecule has 0 radical (unpaired) electrons. The Kier molecular flexibility index (Phi) is 5.28. The summed E-state index contributed by atoms with van der Waals surface area (Å²) in [5, 5.41) is 6.62. The van der Waals surface area contributed by atoms with Gasteiger partial charge in [-0.15, -0.1) is 11.3 Å². The van der Waals surface area contributed by atoms with Crippen molar-refractivity contribution in [3.8, 4) is 0 Å². The summed E-state index contributed by atoms with van der Waals surface area (Å²) in [6, 6.07) is 15.1. The molecular weight excluding hydrogens is 336 g/mol. The zero-order valence-electron chi connectivity index (χ0n) is 14.2. The number of benzene rings is 1. The summed E-state index contributed by atoms with van der Waals surface area (Å²) in [5.41, 5.74) is 1.23. The first-order valence-corrected chi connectivity index (χ1v) is 9.29. The van der Waals surface area contributed by atoms with E-state index >= 15 is 0 Å². The van der Waals surface area contributed by atoms with Crippen LogP contribution in [0.4, 0.5) is 0 Å². The number of aromatic nitrogens is 3. The lowest BCUT2D eigenvalue weighted by Gasteiger charge is -2.23. The second kappa shape index (κ2) is 7.42. The molecule has 0 spiro atoms. The lowest BCUT2D eigenvalue weighted by atomic mass is 10.1. The zero-order valence-corrected chi connectivity index (χ0v) is 15.8. The van der Waals surface area contributed by atoms with Crippen LogP contribution in [0.5, 0.6) is 0 Å². The van der Waals surface area contributed by atoms with Crippen molar-refractivity contribution >= 4 is 23.6 Å². The summed E-state index contributed by atoms with van der Waals surface area (Å²) in [7, 11) is 2.10. The second-order valence-corrected chi connectivity index (χ2v) is 7.34. The number of nitrogens with zero attached hydrogens (tertiary/aromatic N) is 4. The van der Waals surface area contributed by atoms with Crippen LogP contribution in [0.25, 0.3) is 0 Å². The van der Waals surface area contributed by atoms with E-state index in [0.717, 1.165) is 4.77 Å². The highest BCUT2D eigenvalue weighted by molar-refractivity contribution is 7.71. The van der Waals surface area contributed by atoms with Gasteiger partial charge in [0.1, 0.15) is 6.33 Å². The highest BCUT2D eigenvalue weighted by Gasteiger charge is 2.16. The van der Waals surface area contributed by atoms with Gasteiger partial charge < -0.3 is 0 Å². The van der Waals surface area contributed by atoms with Crippen LogP contribution in [0.3, 0.4) is 0 Å². The molecule has 0 bridgehead atoms. The number of rotatable bonds is 6. The van der Waals surface area contributed by atoms with Gasteiger partial charge in [-0.05, 0) is 50.1 Å². The molecule has 2 atom stereocenters. The molecule has 2 heterocycles. The lowest BCUT2D eigenvalue weighted by Crippen LogP contribution is -2.25. The molecular formula is C18H22N4S2. The monoisotopic (exact) mass is 358 g/mol. The molecule has 2 unspecified atom stereocenters. The van der Waals surface area contributed by atoms with Gasteiger partial charge in [-0.3, -0.25) is 9.47 Å². The molecule has 126 valence electrons. The van der Waals surface area contributed by atoms with Gasteiger partial charge in [0.2, 0.25) is 0 Å². The van der Waals surface area contributed by atoms with Crippen molar-refractivity contribution in [2.24, 2.45) is 0 Å². The summed E-state index contributed by atoms with van der Waals surface area (Å²) >= 11 is 7.42. The smallest absolute Gasteiger partial charge is 0.199 e. The van der Waals surface area contributed by atoms with E-state index in [0.29, 0.717) is 12.7 Å². The first kappa shape index (κ1) is 17.1. The van der Waals surface area contributed by atoms with Crippen molar-refractivity contribution in [3.05, 3.63) is 69.4 Å². The van der Waals surface area contributed by atoms with E-state index in [1.807, 2.05) is 21.6 Å². The van der Waals surface area contributed by atoms with E-state index in [9.17, 15) is 0 Å². The van der Waals surface area contributed by atoms with Crippen LogP contribution < -0.4 is 0 Å². The first-order valence-electron chi connectivity index (χ1n) is 8.00. The van der Waals surface area contributed by atoms with Gasteiger partial charge in [-0.2, -0.15) is 5.10 Å². The molecule has 6 heteroatoms. The molecule has 3 aromatic rings. The molecule has 24 heavy (non-hydrogen) atoms. The topological polar surface area (TPSA) is 26.0 Å². The van der Waals surface area contributed by atoms with Gasteiger partial charge in [-0.25, -0.2) is 4.68 Å². The Morgan fingerprint density at radius 1 is 1.17 bits per heavy atom. The van der Waals surface area contributed by atoms with Crippen LogP contribution in [0.2, 0.25) is 0 Å². The Morgan fingerprint density at radius 2 is 1.92 bits per heavy atom. The van der Waals surface area contributed by atoms with Crippen molar-refractivity contribution in [3.63, 3.8) is 0 Å². The molecule has 0 aliphatic carbocycles. The van der Waals surface area contributed by atoms with Crippen LogP contribution in [-0.2, 0) is 6.67 Å². The predicted molar refractivity (Wildman–Crippen MR) is 102 cm³/mol. The van der Waals surface area contributed by atoms with E-state index < -0.39 is 0 Å². The molecule has 3 rings (SSSR count). The number of hydrogen-bond acceptors (Lipinski definition) is 4. The number of thiophene rings is 1. The predicted octanol–water partition coefficient (Wildman–Crippen LogP) is 4.74.